The van der Waals surface area contributed by atoms with Gasteiger partial charge in [-0.3, -0.25) is 10.2 Å². The number of halogens is 2. The number of urea groups is 1. The molecule has 0 saturated heterocycles. The van der Waals surface area contributed by atoms with E-state index in [1.165, 1.54) is 4.68 Å². The summed E-state index contributed by atoms with van der Waals surface area (Å²) >= 11 is 12.1. The van der Waals surface area contributed by atoms with Crippen molar-refractivity contribution in [2.75, 3.05) is 6.54 Å². The SMILES string of the molecule is CCCCCCNC(=O)NNC(=O)Cn1nnc(-c2ccc(Cl)cc2)c1-c1ccc(Cl)cc1. The molecule has 0 aliphatic heterocycles. The molecule has 3 N–H and O–H groups in total. The summed E-state index contributed by atoms with van der Waals surface area (Å²) in [5.74, 6) is -0.445. The normalized spacial score (nSPS) is 10.6. The fraction of sp³-hybridized carbons (Fsp3) is 0.304. The fourth-order valence-electron chi connectivity index (χ4n) is 3.22. The van der Waals surface area contributed by atoms with Crippen LogP contribution in [0.1, 0.15) is 32.6 Å². The summed E-state index contributed by atoms with van der Waals surface area (Å²) in [4.78, 5) is 24.4. The minimum absolute atomic E-state index is 0.144. The Kier molecular flexibility index (Phi) is 9.09. The molecule has 0 unspecified atom stereocenters. The average molecular weight is 489 g/mol. The first-order valence-electron chi connectivity index (χ1n) is 10.8. The molecule has 1 heterocycles. The minimum atomic E-state index is -0.460. The van der Waals surface area contributed by atoms with Crippen molar-refractivity contribution in [1.29, 1.82) is 0 Å². The van der Waals surface area contributed by atoms with E-state index in [1.807, 2.05) is 24.3 Å². The maximum atomic E-state index is 12.5. The molecular formula is C23H26Cl2N6O2. The van der Waals surface area contributed by atoms with E-state index >= 15 is 0 Å². The molecule has 174 valence electrons. The third-order valence-electron chi connectivity index (χ3n) is 4.90. The van der Waals surface area contributed by atoms with Gasteiger partial charge in [0.1, 0.15) is 12.2 Å². The highest BCUT2D eigenvalue weighted by atomic mass is 35.5. The number of nitrogens with one attached hydrogen (secondary N) is 3. The molecule has 0 spiro atoms. The van der Waals surface area contributed by atoms with Crippen LogP contribution in [0.2, 0.25) is 10.0 Å². The minimum Gasteiger partial charge on any atom is -0.337 e. The van der Waals surface area contributed by atoms with Crippen LogP contribution in [-0.4, -0.2) is 33.5 Å². The van der Waals surface area contributed by atoms with E-state index in [1.54, 1.807) is 24.3 Å². The van der Waals surface area contributed by atoms with Crippen molar-refractivity contribution in [2.24, 2.45) is 0 Å². The van der Waals surface area contributed by atoms with Crippen molar-refractivity contribution in [3.8, 4) is 22.5 Å². The quantitative estimate of drug-likeness (QED) is 0.296. The summed E-state index contributed by atoms with van der Waals surface area (Å²) < 4.78 is 1.48. The molecular weight excluding hydrogens is 463 g/mol. The highest BCUT2D eigenvalue weighted by Crippen LogP contribution is 2.31. The Morgan fingerprint density at radius 1 is 0.879 bits per heavy atom. The van der Waals surface area contributed by atoms with Crippen LogP contribution in [0, 0.1) is 0 Å². The number of hydrogen-bond donors (Lipinski definition) is 3. The Bertz CT molecular complexity index is 1070. The van der Waals surface area contributed by atoms with Crippen LogP contribution in [0.15, 0.2) is 48.5 Å². The smallest absolute Gasteiger partial charge is 0.333 e. The highest BCUT2D eigenvalue weighted by molar-refractivity contribution is 6.31. The summed E-state index contributed by atoms with van der Waals surface area (Å²) in [5.41, 5.74) is 7.59. The van der Waals surface area contributed by atoms with Gasteiger partial charge in [0.25, 0.3) is 5.91 Å². The molecule has 0 radical (unpaired) electrons. The van der Waals surface area contributed by atoms with E-state index in [-0.39, 0.29) is 6.54 Å². The van der Waals surface area contributed by atoms with E-state index in [9.17, 15) is 9.59 Å². The second-order valence-corrected chi connectivity index (χ2v) is 8.32. The second-order valence-electron chi connectivity index (χ2n) is 7.45. The number of unbranched alkanes of at least 4 members (excludes halogenated alkanes) is 3. The Labute approximate surface area is 202 Å². The summed E-state index contributed by atoms with van der Waals surface area (Å²) in [5, 5.41) is 12.4. The lowest BCUT2D eigenvalue weighted by Gasteiger charge is -2.11. The third kappa shape index (κ3) is 7.20. The van der Waals surface area contributed by atoms with Gasteiger partial charge in [-0.1, -0.05) is 78.9 Å². The average Bonchev–Trinajstić information content (AvgIpc) is 3.22. The van der Waals surface area contributed by atoms with Crippen LogP contribution >= 0.6 is 23.2 Å². The van der Waals surface area contributed by atoms with E-state index in [0.717, 1.165) is 36.8 Å². The van der Waals surface area contributed by atoms with Crippen LogP contribution < -0.4 is 16.2 Å². The molecule has 0 aliphatic rings. The fourth-order valence-corrected chi connectivity index (χ4v) is 3.47. The molecule has 10 heteroatoms. The molecule has 2 aromatic carbocycles. The van der Waals surface area contributed by atoms with Gasteiger partial charge >= 0.3 is 6.03 Å². The number of hydrogen-bond acceptors (Lipinski definition) is 4. The molecule has 33 heavy (non-hydrogen) atoms. The lowest BCUT2D eigenvalue weighted by molar-refractivity contribution is -0.122. The van der Waals surface area contributed by atoms with Crippen LogP contribution in [0.25, 0.3) is 22.5 Å². The zero-order valence-electron chi connectivity index (χ0n) is 18.3. The molecule has 8 nitrogen and oxygen atoms in total. The summed E-state index contributed by atoms with van der Waals surface area (Å²) in [6.45, 7) is 2.53. The van der Waals surface area contributed by atoms with Crippen LogP contribution in [-0.2, 0) is 11.3 Å². The summed E-state index contributed by atoms with van der Waals surface area (Å²) in [6.07, 6.45) is 4.21. The van der Waals surface area contributed by atoms with Gasteiger partial charge in [-0.05, 0) is 30.7 Å². The second kappa shape index (κ2) is 12.2. The lowest BCUT2D eigenvalue weighted by Crippen LogP contribution is -2.48. The molecule has 0 saturated carbocycles. The Hall–Kier alpha value is -3.10. The van der Waals surface area contributed by atoms with Crippen LogP contribution in [0.4, 0.5) is 4.79 Å². The number of carbonyl (C=O) groups is 2. The zero-order chi connectivity index (χ0) is 23.6. The van der Waals surface area contributed by atoms with Gasteiger partial charge in [-0.25, -0.2) is 14.9 Å². The van der Waals surface area contributed by atoms with E-state index in [2.05, 4.69) is 33.4 Å². The summed E-state index contributed by atoms with van der Waals surface area (Å²) in [7, 11) is 0. The summed E-state index contributed by atoms with van der Waals surface area (Å²) in [6, 6.07) is 13.9. The maximum absolute atomic E-state index is 12.5. The largest absolute Gasteiger partial charge is 0.337 e. The highest BCUT2D eigenvalue weighted by Gasteiger charge is 2.19. The van der Waals surface area contributed by atoms with Gasteiger partial charge in [0.15, 0.2) is 0 Å². The molecule has 0 aliphatic carbocycles. The number of carbonyl (C=O) groups excluding carboxylic acids is 2. The van der Waals surface area contributed by atoms with Gasteiger partial charge in [-0.2, -0.15) is 0 Å². The van der Waals surface area contributed by atoms with E-state index in [0.29, 0.717) is 28.0 Å². The monoisotopic (exact) mass is 488 g/mol. The van der Waals surface area contributed by atoms with Crippen LogP contribution in [0.3, 0.4) is 0 Å². The molecule has 3 amide bonds. The number of benzene rings is 2. The van der Waals surface area contributed by atoms with Crippen molar-refractivity contribution in [3.63, 3.8) is 0 Å². The molecule has 0 atom stereocenters. The predicted molar refractivity (Wildman–Crippen MR) is 130 cm³/mol. The van der Waals surface area contributed by atoms with Gasteiger partial charge < -0.3 is 5.32 Å². The third-order valence-corrected chi connectivity index (χ3v) is 5.40. The van der Waals surface area contributed by atoms with Crippen molar-refractivity contribution in [3.05, 3.63) is 58.6 Å². The van der Waals surface area contributed by atoms with Gasteiger partial charge in [0.2, 0.25) is 0 Å². The molecule has 3 rings (SSSR count). The first-order valence-corrected chi connectivity index (χ1v) is 11.5. The van der Waals surface area contributed by atoms with Crippen molar-refractivity contribution in [2.45, 2.75) is 39.2 Å². The maximum Gasteiger partial charge on any atom is 0.333 e. The Morgan fingerprint density at radius 3 is 2.15 bits per heavy atom. The molecule has 1 aromatic heterocycles. The van der Waals surface area contributed by atoms with Gasteiger partial charge in [-0.15, -0.1) is 5.10 Å². The van der Waals surface area contributed by atoms with Crippen LogP contribution in [0.5, 0.6) is 0 Å². The zero-order valence-corrected chi connectivity index (χ0v) is 19.8. The Morgan fingerprint density at radius 2 is 1.52 bits per heavy atom. The lowest BCUT2D eigenvalue weighted by atomic mass is 10.0. The van der Waals surface area contributed by atoms with Crippen molar-refractivity contribution >= 4 is 35.1 Å². The standard InChI is InChI=1S/C23H26Cl2N6O2/c1-2-3-4-5-14-26-23(33)29-27-20(32)15-31-22(17-8-12-19(25)13-9-17)21(28-30-31)16-6-10-18(24)11-7-16/h6-13H,2-5,14-15H2,1H3,(H,27,32)(H2,26,29,33). The number of amides is 3. The van der Waals surface area contributed by atoms with Gasteiger partial charge in [0.05, 0.1) is 5.69 Å². The molecule has 3 aromatic rings. The first kappa shape index (κ1) is 24.5. The number of hydrazine groups is 1. The number of aromatic nitrogens is 3. The predicted octanol–water partition coefficient (Wildman–Crippen LogP) is 4.83. The van der Waals surface area contributed by atoms with Crippen molar-refractivity contribution in [1.82, 2.24) is 31.2 Å². The van der Waals surface area contributed by atoms with E-state index in [4.69, 9.17) is 23.2 Å². The molecule has 0 fully saturated rings. The number of rotatable bonds is 9. The topological polar surface area (TPSA) is 101 Å². The first-order chi connectivity index (χ1) is 16.0. The van der Waals surface area contributed by atoms with Gasteiger partial charge in [0, 0.05) is 27.7 Å². The van der Waals surface area contributed by atoms with Crippen molar-refractivity contribution < 1.29 is 9.59 Å². The number of nitrogens with zero attached hydrogens (tertiary/aromatic N) is 3. The van der Waals surface area contributed by atoms with E-state index < -0.39 is 11.9 Å². The Balaban J connectivity index is 1.69. The molecule has 0 bridgehead atoms.